The number of hydrogen-bond donors (Lipinski definition) is 1. The first-order valence-electron chi connectivity index (χ1n) is 4.74. The van der Waals surface area contributed by atoms with Gasteiger partial charge in [0.15, 0.2) is 0 Å². The van der Waals surface area contributed by atoms with Crippen molar-refractivity contribution in [3.8, 4) is 0 Å². The number of nitrogens with one attached hydrogen (secondary N) is 1. The molecule has 1 rings (SSSR count). The minimum absolute atomic E-state index is 0.326. The number of Topliss-reactive ketones (excluding diaryl/α,β-unsaturated/α-hetero) is 1. The molecule has 0 amide bonds. The molecule has 5 nitrogen and oxygen atoms in total. The zero-order valence-electron chi connectivity index (χ0n) is 8.49. The molecule has 0 aliphatic heterocycles. The number of rotatable bonds is 5. The molecular formula is C10H13NO4. The van der Waals surface area contributed by atoms with Gasteiger partial charge in [-0.05, 0) is 19.8 Å². The molecule has 0 spiro atoms. The van der Waals surface area contributed by atoms with Gasteiger partial charge in [0, 0.05) is 18.3 Å². The maximum atomic E-state index is 11.0. The summed E-state index contributed by atoms with van der Waals surface area (Å²) in [6.45, 7) is 1.26. The van der Waals surface area contributed by atoms with Crippen LogP contribution in [0.2, 0.25) is 0 Å². The Morgan fingerprint density at radius 3 is 2.60 bits per heavy atom. The van der Waals surface area contributed by atoms with Gasteiger partial charge < -0.3 is 10.1 Å². The monoisotopic (exact) mass is 211 g/mol. The van der Waals surface area contributed by atoms with Gasteiger partial charge in [-0.3, -0.25) is 9.59 Å². The average Bonchev–Trinajstić information content (AvgIpc) is 2.85. The van der Waals surface area contributed by atoms with Gasteiger partial charge in [0.25, 0.3) is 0 Å². The highest BCUT2D eigenvalue weighted by Gasteiger charge is 2.18. The highest BCUT2D eigenvalue weighted by Crippen LogP contribution is 2.18. The quantitative estimate of drug-likeness (QED) is 0.402. The lowest BCUT2D eigenvalue weighted by atomic mass is 10.3. The van der Waals surface area contributed by atoms with Crippen molar-refractivity contribution in [3.05, 3.63) is 12.3 Å². The van der Waals surface area contributed by atoms with E-state index in [1.54, 1.807) is 0 Å². The molecule has 1 aliphatic rings. The number of carbonyl (C=O) groups excluding carboxylic acids is 3. The molecule has 1 saturated carbocycles. The molecule has 0 saturated heterocycles. The number of ether oxygens (including phenoxy) is 1. The lowest BCUT2D eigenvalue weighted by molar-refractivity contribution is -0.156. The first kappa shape index (κ1) is 11.4. The number of carbonyl (C=O) groups is 3. The first-order chi connectivity index (χ1) is 7.08. The van der Waals surface area contributed by atoms with Crippen molar-refractivity contribution in [2.75, 3.05) is 0 Å². The van der Waals surface area contributed by atoms with Crippen molar-refractivity contribution in [1.29, 1.82) is 0 Å². The van der Waals surface area contributed by atoms with Crippen LogP contribution in [0.4, 0.5) is 0 Å². The predicted molar refractivity (Wildman–Crippen MR) is 51.7 cm³/mol. The van der Waals surface area contributed by atoms with Crippen LogP contribution in [0.25, 0.3) is 0 Å². The molecule has 82 valence electrons. The van der Waals surface area contributed by atoms with E-state index in [2.05, 4.69) is 10.1 Å². The fraction of sp³-hybridized carbons (Fsp3) is 0.500. The summed E-state index contributed by atoms with van der Waals surface area (Å²) in [6, 6.07) is 0.446. The Morgan fingerprint density at radius 1 is 1.40 bits per heavy atom. The Bertz CT molecular complexity index is 305. The average molecular weight is 211 g/mol. The molecular weight excluding hydrogens is 198 g/mol. The van der Waals surface area contributed by atoms with Gasteiger partial charge in [-0.1, -0.05) is 0 Å². The second kappa shape index (κ2) is 5.29. The summed E-state index contributed by atoms with van der Waals surface area (Å²) >= 11 is 0. The largest absolute Gasteiger partial charge is 0.389 e. The Hall–Kier alpha value is -1.65. The smallest absolute Gasteiger partial charge is 0.339 e. The maximum absolute atomic E-state index is 11.0. The van der Waals surface area contributed by atoms with Gasteiger partial charge in [0.1, 0.15) is 12.2 Å². The Labute approximate surface area is 87.5 Å². The fourth-order valence-electron chi connectivity index (χ4n) is 0.888. The zero-order chi connectivity index (χ0) is 11.3. The van der Waals surface area contributed by atoms with E-state index >= 15 is 0 Å². The van der Waals surface area contributed by atoms with Crippen LogP contribution in [-0.2, 0) is 19.1 Å². The molecule has 0 unspecified atom stereocenters. The molecule has 0 aromatic carbocycles. The van der Waals surface area contributed by atoms with Gasteiger partial charge in [-0.15, -0.1) is 0 Å². The number of ketones is 1. The molecule has 0 aromatic rings. The lowest BCUT2D eigenvalue weighted by Gasteiger charge is -1.97. The van der Waals surface area contributed by atoms with E-state index < -0.39 is 11.9 Å². The van der Waals surface area contributed by atoms with Gasteiger partial charge in [-0.25, -0.2) is 4.79 Å². The molecule has 0 atom stereocenters. The summed E-state index contributed by atoms with van der Waals surface area (Å²) in [5, 5.41) is 2.94. The van der Waals surface area contributed by atoms with Crippen molar-refractivity contribution in [2.45, 2.75) is 32.2 Å². The number of hydrogen-bond acceptors (Lipinski definition) is 5. The third kappa shape index (κ3) is 5.61. The molecule has 5 heteroatoms. The number of esters is 2. The fourth-order valence-corrected chi connectivity index (χ4v) is 0.888. The van der Waals surface area contributed by atoms with E-state index in [1.165, 1.54) is 13.1 Å². The van der Waals surface area contributed by atoms with Gasteiger partial charge in [-0.2, -0.15) is 0 Å². The lowest BCUT2D eigenvalue weighted by Crippen LogP contribution is -2.14. The van der Waals surface area contributed by atoms with Crippen LogP contribution in [0.5, 0.6) is 0 Å². The van der Waals surface area contributed by atoms with Crippen molar-refractivity contribution in [1.82, 2.24) is 5.32 Å². The molecule has 0 radical (unpaired) electrons. The third-order valence-electron chi connectivity index (χ3n) is 1.74. The van der Waals surface area contributed by atoms with E-state index in [1.807, 2.05) is 0 Å². The standard InChI is InChI=1S/C10H13NO4/c1-7(12)6-10(14)15-9(13)4-5-11-8-2-3-8/h4-5,8,11H,2-3,6H2,1H3. The van der Waals surface area contributed by atoms with Crippen molar-refractivity contribution in [2.24, 2.45) is 0 Å². The Balaban J connectivity index is 2.18. The van der Waals surface area contributed by atoms with E-state index in [9.17, 15) is 14.4 Å². The molecule has 1 aliphatic carbocycles. The van der Waals surface area contributed by atoms with E-state index in [4.69, 9.17) is 0 Å². The zero-order valence-corrected chi connectivity index (χ0v) is 8.49. The second-order valence-corrected chi connectivity index (χ2v) is 3.45. The van der Waals surface area contributed by atoms with Crippen LogP contribution in [0.3, 0.4) is 0 Å². The summed E-state index contributed by atoms with van der Waals surface area (Å²) < 4.78 is 4.34. The van der Waals surface area contributed by atoms with Gasteiger partial charge in [0.2, 0.25) is 0 Å². The Kier molecular flexibility index (Phi) is 4.03. The van der Waals surface area contributed by atoms with Crippen molar-refractivity contribution < 1.29 is 19.1 Å². The van der Waals surface area contributed by atoms with Gasteiger partial charge in [0.05, 0.1) is 0 Å². The van der Waals surface area contributed by atoms with E-state index in [0.717, 1.165) is 18.9 Å². The Morgan fingerprint density at radius 2 is 2.07 bits per heavy atom. The van der Waals surface area contributed by atoms with Crippen molar-refractivity contribution >= 4 is 17.7 Å². The highest BCUT2D eigenvalue weighted by atomic mass is 16.6. The highest BCUT2D eigenvalue weighted by molar-refractivity contribution is 6.00. The predicted octanol–water partition coefficient (Wildman–Crippen LogP) is 0.301. The molecule has 0 aromatic heterocycles. The minimum Gasteiger partial charge on any atom is -0.389 e. The molecule has 1 N–H and O–H groups in total. The summed E-state index contributed by atoms with van der Waals surface area (Å²) in [5.41, 5.74) is 0. The molecule has 0 bridgehead atoms. The molecule has 0 heterocycles. The topological polar surface area (TPSA) is 72.5 Å². The minimum atomic E-state index is -0.816. The van der Waals surface area contributed by atoms with Crippen LogP contribution in [0, 0.1) is 0 Å². The first-order valence-corrected chi connectivity index (χ1v) is 4.74. The van der Waals surface area contributed by atoms with Crippen LogP contribution < -0.4 is 5.32 Å². The summed E-state index contributed by atoms with van der Waals surface area (Å²) in [7, 11) is 0. The van der Waals surface area contributed by atoms with Crippen LogP contribution in [0.1, 0.15) is 26.2 Å². The van der Waals surface area contributed by atoms with Gasteiger partial charge >= 0.3 is 11.9 Å². The third-order valence-corrected chi connectivity index (χ3v) is 1.74. The molecule has 1 fully saturated rings. The normalized spacial score (nSPS) is 15.0. The van der Waals surface area contributed by atoms with Crippen LogP contribution >= 0.6 is 0 Å². The van der Waals surface area contributed by atoms with Crippen molar-refractivity contribution in [3.63, 3.8) is 0 Å². The van der Waals surface area contributed by atoms with Crippen LogP contribution in [0.15, 0.2) is 12.3 Å². The summed E-state index contributed by atoms with van der Waals surface area (Å²) in [6.07, 6.45) is 4.43. The maximum Gasteiger partial charge on any atom is 0.339 e. The van der Waals surface area contributed by atoms with E-state index in [0.29, 0.717) is 6.04 Å². The molecule has 15 heavy (non-hydrogen) atoms. The summed E-state index contributed by atoms with van der Waals surface area (Å²) in [5.74, 6) is -1.90. The SMILES string of the molecule is CC(=O)CC(=O)OC(=O)C=CNC1CC1. The second-order valence-electron chi connectivity index (χ2n) is 3.45. The van der Waals surface area contributed by atoms with E-state index in [-0.39, 0.29) is 12.2 Å². The summed E-state index contributed by atoms with van der Waals surface area (Å²) in [4.78, 5) is 32.3. The van der Waals surface area contributed by atoms with Crippen LogP contribution in [-0.4, -0.2) is 23.8 Å².